The summed E-state index contributed by atoms with van der Waals surface area (Å²) in [5.74, 6) is 0.787. The molecule has 1 aromatic carbocycles. The molecule has 0 spiro atoms. The second-order valence-electron chi connectivity index (χ2n) is 5.18. The number of carbonyl (C=O) groups is 1. The molecule has 0 radical (unpaired) electrons. The Hall–Kier alpha value is -1.35. The van der Waals surface area contributed by atoms with E-state index in [1.54, 1.807) is 0 Å². The number of nitrogens with zero attached hydrogens (tertiary/aromatic N) is 2. The topological polar surface area (TPSA) is 23.6 Å². The van der Waals surface area contributed by atoms with Crippen molar-refractivity contribution in [3.63, 3.8) is 0 Å². The zero-order valence-corrected chi connectivity index (χ0v) is 11.3. The van der Waals surface area contributed by atoms with Gasteiger partial charge in [0.2, 0.25) is 5.91 Å². The van der Waals surface area contributed by atoms with Crippen molar-refractivity contribution in [1.82, 2.24) is 9.80 Å². The first-order valence-corrected chi connectivity index (χ1v) is 6.68. The molecule has 1 aliphatic rings. The molecule has 1 atom stereocenters. The van der Waals surface area contributed by atoms with Gasteiger partial charge in [0.1, 0.15) is 0 Å². The Balaban J connectivity index is 1.91. The summed E-state index contributed by atoms with van der Waals surface area (Å²) >= 11 is 0. The molecule has 2 rings (SSSR count). The molecule has 1 saturated heterocycles. The van der Waals surface area contributed by atoms with E-state index in [1.807, 2.05) is 11.9 Å². The van der Waals surface area contributed by atoms with Gasteiger partial charge in [0, 0.05) is 39.6 Å². The van der Waals surface area contributed by atoms with Crippen LogP contribution in [0.3, 0.4) is 0 Å². The third kappa shape index (κ3) is 3.33. The van der Waals surface area contributed by atoms with Crippen LogP contribution in [0, 0.1) is 0 Å². The van der Waals surface area contributed by atoms with Crippen molar-refractivity contribution in [1.29, 1.82) is 0 Å². The van der Waals surface area contributed by atoms with Crippen LogP contribution in [0.2, 0.25) is 0 Å². The van der Waals surface area contributed by atoms with E-state index in [2.05, 4.69) is 42.2 Å². The molecule has 1 aromatic rings. The second kappa shape index (κ2) is 6.01. The molecule has 0 N–H and O–H groups in total. The summed E-state index contributed by atoms with van der Waals surface area (Å²) in [6.45, 7) is 6.01. The Morgan fingerprint density at radius 2 is 1.89 bits per heavy atom. The van der Waals surface area contributed by atoms with Crippen LogP contribution in [-0.2, 0) is 4.79 Å². The highest BCUT2D eigenvalue weighted by atomic mass is 16.2. The van der Waals surface area contributed by atoms with E-state index in [-0.39, 0.29) is 5.91 Å². The van der Waals surface area contributed by atoms with Crippen LogP contribution in [0.25, 0.3) is 0 Å². The predicted octanol–water partition coefficient (Wildman–Crippen LogP) is 1.95. The molecule has 0 saturated carbocycles. The molecule has 3 nitrogen and oxygen atoms in total. The number of benzene rings is 1. The summed E-state index contributed by atoms with van der Waals surface area (Å²) in [5.41, 5.74) is 1.38. The SMILES string of the molecule is C[C@H](CN1CCC(=O)N(C)CC1)c1ccccc1. The first-order chi connectivity index (χ1) is 8.66. The minimum absolute atomic E-state index is 0.268. The van der Waals surface area contributed by atoms with Gasteiger partial charge in [-0.25, -0.2) is 0 Å². The lowest BCUT2D eigenvalue weighted by Gasteiger charge is -2.24. The first kappa shape index (κ1) is 13.1. The molecule has 98 valence electrons. The molecule has 1 aliphatic heterocycles. The largest absolute Gasteiger partial charge is 0.344 e. The van der Waals surface area contributed by atoms with Crippen molar-refractivity contribution in [3.8, 4) is 0 Å². The van der Waals surface area contributed by atoms with Crippen LogP contribution < -0.4 is 0 Å². The van der Waals surface area contributed by atoms with Gasteiger partial charge in [0.15, 0.2) is 0 Å². The van der Waals surface area contributed by atoms with Crippen molar-refractivity contribution in [2.75, 3.05) is 33.2 Å². The van der Waals surface area contributed by atoms with Gasteiger partial charge in [0.25, 0.3) is 0 Å². The summed E-state index contributed by atoms with van der Waals surface area (Å²) in [5, 5.41) is 0. The maximum atomic E-state index is 11.6. The van der Waals surface area contributed by atoms with Crippen LogP contribution in [0.4, 0.5) is 0 Å². The van der Waals surface area contributed by atoms with Crippen LogP contribution in [0.15, 0.2) is 30.3 Å². The Labute approximate surface area is 109 Å². The zero-order valence-electron chi connectivity index (χ0n) is 11.3. The lowest BCUT2D eigenvalue weighted by atomic mass is 10.0. The molecule has 1 amide bonds. The maximum Gasteiger partial charge on any atom is 0.223 e. The summed E-state index contributed by atoms with van der Waals surface area (Å²) < 4.78 is 0. The van der Waals surface area contributed by atoms with Crippen molar-refractivity contribution in [2.45, 2.75) is 19.3 Å². The van der Waals surface area contributed by atoms with Crippen LogP contribution in [0.1, 0.15) is 24.8 Å². The van der Waals surface area contributed by atoms with Gasteiger partial charge < -0.3 is 9.80 Å². The highest BCUT2D eigenvalue weighted by Crippen LogP contribution is 2.17. The van der Waals surface area contributed by atoms with Crippen molar-refractivity contribution < 1.29 is 4.79 Å². The third-order valence-electron chi connectivity index (χ3n) is 3.72. The fraction of sp³-hybridized carbons (Fsp3) is 0.533. The van der Waals surface area contributed by atoms with Crippen molar-refractivity contribution in [3.05, 3.63) is 35.9 Å². The predicted molar refractivity (Wildman–Crippen MR) is 73.6 cm³/mol. The molecular formula is C15H22N2O. The first-order valence-electron chi connectivity index (χ1n) is 6.68. The van der Waals surface area contributed by atoms with Gasteiger partial charge in [-0.3, -0.25) is 4.79 Å². The number of carbonyl (C=O) groups excluding carboxylic acids is 1. The van der Waals surface area contributed by atoms with E-state index in [1.165, 1.54) is 5.56 Å². The Morgan fingerprint density at radius 1 is 1.17 bits per heavy atom. The molecule has 0 unspecified atom stereocenters. The monoisotopic (exact) mass is 246 g/mol. The van der Waals surface area contributed by atoms with E-state index < -0.39 is 0 Å². The number of likely N-dealkylation sites (N-methyl/N-ethyl adjacent to an activating group) is 1. The Bertz CT molecular complexity index is 391. The normalized spacial score (nSPS) is 19.7. The van der Waals surface area contributed by atoms with Gasteiger partial charge in [-0.15, -0.1) is 0 Å². The van der Waals surface area contributed by atoms with Crippen LogP contribution in [-0.4, -0.2) is 48.9 Å². The number of hydrogen-bond donors (Lipinski definition) is 0. The summed E-state index contributed by atoms with van der Waals surface area (Å²) in [6.07, 6.45) is 0.651. The average molecular weight is 246 g/mol. The smallest absolute Gasteiger partial charge is 0.223 e. The molecule has 3 heteroatoms. The van der Waals surface area contributed by atoms with Crippen LogP contribution >= 0.6 is 0 Å². The molecule has 18 heavy (non-hydrogen) atoms. The molecule has 0 aliphatic carbocycles. The summed E-state index contributed by atoms with van der Waals surface area (Å²) in [4.78, 5) is 15.9. The molecule has 0 bridgehead atoms. The minimum Gasteiger partial charge on any atom is -0.344 e. The quantitative estimate of drug-likeness (QED) is 0.814. The second-order valence-corrected chi connectivity index (χ2v) is 5.18. The third-order valence-corrected chi connectivity index (χ3v) is 3.72. The van der Waals surface area contributed by atoms with E-state index in [0.29, 0.717) is 12.3 Å². The van der Waals surface area contributed by atoms with Crippen molar-refractivity contribution in [2.24, 2.45) is 0 Å². The Morgan fingerprint density at radius 3 is 2.61 bits per heavy atom. The highest BCUT2D eigenvalue weighted by molar-refractivity contribution is 5.76. The molecular weight excluding hydrogens is 224 g/mol. The van der Waals surface area contributed by atoms with Crippen LogP contribution in [0.5, 0.6) is 0 Å². The van der Waals surface area contributed by atoms with Crippen molar-refractivity contribution >= 4 is 5.91 Å². The lowest BCUT2D eigenvalue weighted by molar-refractivity contribution is -0.129. The lowest BCUT2D eigenvalue weighted by Crippen LogP contribution is -2.32. The number of hydrogen-bond acceptors (Lipinski definition) is 2. The summed E-state index contributed by atoms with van der Waals surface area (Å²) in [6, 6.07) is 10.6. The van der Waals surface area contributed by atoms with E-state index in [0.717, 1.165) is 26.2 Å². The zero-order chi connectivity index (χ0) is 13.0. The van der Waals surface area contributed by atoms with Gasteiger partial charge in [0.05, 0.1) is 0 Å². The maximum absolute atomic E-state index is 11.6. The fourth-order valence-corrected chi connectivity index (χ4v) is 2.43. The minimum atomic E-state index is 0.268. The highest BCUT2D eigenvalue weighted by Gasteiger charge is 2.19. The molecule has 1 fully saturated rings. The van der Waals surface area contributed by atoms with Gasteiger partial charge in [-0.1, -0.05) is 37.3 Å². The average Bonchev–Trinajstić information content (AvgIpc) is 2.55. The molecule has 0 aromatic heterocycles. The van der Waals surface area contributed by atoms with E-state index in [4.69, 9.17) is 0 Å². The van der Waals surface area contributed by atoms with Gasteiger partial charge in [-0.05, 0) is 11.5 Å². The summed E-state index contributed by atoms with van der Waals surface area (Å²) in [7, 11) is 1.90. The van der Waals surface area contributed by atoms with Gasteiger partial charge >= 0.3 is 0 Å². The molecule has 1 heterocycles. The fourth-order valence-electron chi connectivity index (χ4n) is 2.43. The van der Waals surface area contributed by atoms with E-state index >= 15 is 0 Å². The Kier molecular flexibility index (Phi) is 4.37. The van der Waals surface area contributed by atoms with Gasteiger partial charge in [-0.2, -0.15) is 0 Å². The van der Waals surface area contributed by atoms with E-state index in [9.17, 15) is 4.79 Å². The number of amides is 1. The standard InChI is InChI=1S/C15H22N2O/c1-13(14-6-4-3-5-7-14)12-17-9-8-15(18)16(2)10-11-17/h3-7,13H,8-12H2,1-2H3/t13-/m1/s1. The number of rotatable bonds is 3.